The first kappa shape index (κ1) is 12.3. The van der Waals surface area contributed by atoms with E-state index >= 15 is 0 Å². The molecule has 0 fully saturated rings. The Labute approximate surface area is 95.0 Å². The summed E-state index contributed by atoms with van der Waals surface area (Å²) in [6.45, 7) is 2.46. The molecule has 0 unspecified atom stereocenters. The Hall–Kier alpha value is -1.75. The van der Waals surface area contributed by atoms with E-state index < -0.39 is 0 Å². The number of oxime groups is 1. The summed E-state index contributed by atoms with van der Waals surface area (Å²) in [7, 11) is 1.62. The van der Waals surface area contributed by atoms with Gasteiger partial charge in [0.15, 0.2) is 0 Å². The molecule has 0 radical (unpaired) electrons. The maximum Gasteiger partial charge on any atom is 0.142 e. The first-order valence-corrected chi connectivity index (χ1v) is 4.95. The van der Waals surface area contributed by atoms with Crippen LogP contribution >= 0.6 is 0 Å². The SMILES string of the molecule is COc1ccc(CO/N=C(/C)N)cc1CN. The maximum atomic E-state index is 5.60. The zero-order valence-electron chi connectivity index (χ0n) is 9.56. The molecular formula is C11H17N3O2. The van der Waals surface area contributed by atoms with Crippen LogP contribution in [0.5, 0.6) is 5.75 Å². The fourth-order valence-electron chi connectivity index (χ4n) is 1.29. The van der Waals surface area contributed by atoms with Crippen molar-refractivity contribution in [1.29, 1.82) is 0 Å². The summed E-state index contributed by atoms with van der Waals surface area (Å²) in [6, 6.07) is 5.69. The molecule has 0 saturated carbocycles. The van der Waals surface area contributed by atoms with Gasteiger partial charge in [-0.15, -0.1) is 0 Å². The highest BCUT2D eigenvalue weighted by molar-refractivity contribution is 5.76. The molecule has 0 atom stereocenters. The van der Waals surface area contributed by atoms with Gasteiger partial charge in [0.2, 0.25) is 0 Å². The molecule has 0 aliphatic rings. The molecular weight excluding hydrogens is 206 g/mol. The van der Waals surface area contributed by atoms with E-state index in [0.29, 0.717) is 19.0 Å². The van der Waals surface area contributed by atoms with E-state index in [2.05, 4.69) is 5.16 Å². The summed E-state index contributed by atoms with van der Waals surface area (Å²) in [6.07, 6.45) is 0. The molecule has 5 heteroatoms. The second kappa shape index (κ2) is 5.97. The number of rotatable bonds is 5. The van der Waals surface area contributed by atoms with Gasteiger partial charge in [-0.25, -0.2) is 0 Å². The molecule has 0 aliphatic carbocycles. The molecule has 0 spiro atoms. The molecule has 1 aromatic rings. The van der Waals surface area contributed by atoms with Crippen molar-refractivity contribution in [2.45, 2.75) is 20.1 Å². The molecule has 0 bridgehead atoms. The maximum absolute atomic E-state index is 5.60. The quantitative estimate of drug-likeness (QED) is 0.442. The average Bonchev–Trinajstić information content (AvgIpc) is 2.28. The van der Waals surface area contributed by atoms with Crippen LogP contribution in [0.3, 0.4) is 0 Å². The predicted molar refractivity (Wildman–Crippen MR) is 63.0 cm³/mol. The summed E-state index contributed by atoms with van der Waals surface area (Å²) in [5.41, 5.74) is 12.9. The summed E-state index contributed by atoms with van der Waals surface area (Å²) < 4.78 is 5.17. The second-order valence-corrected chi connectivity index (χ2v) is 3.36. The van der Waals surface area contributed by atoms with Crippen LogP contribution in [0.1, 0.15) is 18.1 Å². The number of benzene rings is 1. The van der Waals surface area contributed by atoms with Gasteiger partial charge in [-0.1, -0.05) is 11.2 Å². The molecule has 1 rings (SSSR count). The Kier molecular flexibility index (Phi) is 4.60. The third-order valence-electron chi connectivity index (χ3n) is 2.00. The topological polar surface area (TPSA) is 82.9 Å². The van der Waals surface area contributed by atoms with Crippen molar-refractivity contribution in [2.75, 3.05) is 7.11 Å². The van der Waals surface area contributed by atoms with Gasteiger partial charge in [-0.05, 0) is 24.6 Å². The first-order chi connectivity index (χ1) is 7.67. The van der Waals surface area contributed by atoms with Crippen molar-refractivity contribution >= 4 is 5.84 Å². The Bertz CT molecular complexity index is 373. The highest BCUT2D eigenvalue weighted by Crippen LogP contribution is 2.19. The van der Waals surface area contributed by atoms with Crippen molar-refractivity contribution in [3.05, 3.63) is 29.3 Å². The van der Waals surface area contributed by atoms with Crippen LogP contribution in [0.4, 0.5) is 0 Å². The van der Waals surface area contributed by atoms with Gasteiger partial charge in [0.25, 0.3) is 0 Å². The summed E-state index contributed by atoms with van der Waals surface area (Å²) in [5, 5.41) is 3.65. The van der Waals surface area contributed by atoms with Crippen molar-refractivity contribution in [2.24, 2.45) is 16.6 Å². The molecule has 88 valence electrons. The summed E-state index contributed by atoms with van der Waals surface area (Å²) in [5.74, 6) is 1.18. The molecule has 0 saturated heterocycles. The minimum Gasteiger partial charge on any atom is -0.496 e. The predicted octanol–water partition coefficient (Wildman–Crippen LogP) is 0.963. The van der Waals surface area contributed by atoms with Crippen molar-refractivity contribution in [1.82, 2.24) is 0 Å². The molecule has 0 aromatic heterocycles. The molecule has 5 nitrogen and oxygen atoms in total. The van der Waals surface area contributed by atoms with Gasteiger partial charge in [0, 0.05) is 12.1 Å². The second-order valence-electron chi connectivity index (χ2n) is 3.36. The minimum atomic E-state index is 0.367. The fraction of sp³-hybridized carbons (Fsp3) is 0.364. The van der Waals surface area contributed by atoms with Crippen LogP contribution in [0, 0.1) is 0 Å². The lowest BCUT2D eigenvalue weighted by Crippen LogP contribution is -2.06. The molecule has 0 heterocycles. The average molecular weight is 223 g/mol. The number of nitrogens with two attached hydrogens (primary N) is 2. The third-order valence-corrected chi connectivity index (χ3v) is 2.00. The highest BCUT2D eigenvalue weighted by atomic mass is 16.6. The van der Waals surface area contributed by atoms with Crippen LogP contribution in [0.15, 0.2) is 23.4 Å². The van der Waals surface area contributed by atoms with Gasteiger partial charge < -0.3 is 21.0 Å². The van der Waals surface area contributed by atoms with Crippen LogP contribution in [0.2, 0.25) is 0 Å². The molecule has 1 aromatic carbocycles. The molecule has 0 aliphatic heterocycles. The Morgan fingerprint density at radius 1 is 1.44 bits per heavy atom. The number of nitrogens with zero attached hydrogens (tertiary/aromatic N) is 1. The van der Waals surface area contributed by atoms with Gasteiger partial charge in [0.05, 0.1) is 7.11 Å². The Morgan fingerprint density at radius 2 is 2.19 bits per heavy atom. The van der Waals surface area contributed by atoms with Crippen molar-refractivity contribution in [3.63, 3.8) is 0 Å². The van der Waals surface area contributed by atoms with Crippen LogP contribution in [0.25, 0.3) is 0 Å². The number of hydrogen-bond donors (Lipinski definition) is 2. The van der Waals surface area contributed by atoms with Crippen LogP contribution in [-0.4, -0.2) is 12.9 Å². The standard InChI is InChI=1S/C11H17N3O2/c1-8(13)14-16-7-9-3-4-11(15-2)10(5-9)6-12/h3-5H,6-7,12H2,1-2H3,(H2,13,14). The van der Waals surface area contributed by atoms with E-state index in [1.807, 2.05) is 18.2 Å². The number of methoxy groups -OCH3 is 1. The van der Waals surface area contributed by atoms with E-state index in [1.165, 1.54) is 0 Å². The Balaban J connectivity index is 2.71. The number of hydrogen-bond acceptors (Lipinski definition) is 4. The summed E-state index contributed by atoms with van der Waals surface area (Å²) in [4.78, 5) is 5.04. The lowest BCUT2D eigenvalue weighted by atomic mass is 10.1. The first-order valence-electron chi connectivity index (χ1n) is 4.95. The summed E-state index contributed by atoms with van der Waals surface area (Å²) >= 11 is 0. The minimum absolute atomic E-state index is 0.367. The number of ether oxygens (including phenoxy) is 1. The van der Waals surface area contributed by atoms with E-state index in [-0.39, 0.29) is 0 Å². The zero-order valence-corrected chi connectivity index (χ0v) is 9.56. The Morgan fingerprint density at radius 3 is 2.75 bits per heavy atom. The van der Waals surface area contributed by atoms with Gasteiger partial charge >= 0.3 is 0 Å². The number of amidine groups is 1. The molecule has 16 heavy (non-hydrogen) atoms. The van der Waals surface area contributed by atoms with Crippen molar-refractivity contribution in [3.8, 4) is 5.75 Å². The van der Waals surface area contributed by atoms with E-state index in [4.69, 9.17) is 21.0 Å². The van der Waals surface area contributed by atoms with Gasteiger partial charge in [0.1, 0.15) is 18.2 Å². The van der Waals surface area contributed by atoms with Crippen LogP contribution < -0.4 is 16.2 Å². The zero-order chi connectivity index (χ0) is 12.0. The smallest absolute Gasteiger partial charge is 0.142 e. The molecule has 0 amide bonds. The monoisotopic (exact) mass is 223 g/mol. The molecule has 4 N–H and O–H groups in total. The van der Waals surface area contributed by atoms with E-state index in [9.17, 15) is 0 Å². The largest absolute Gasteiger partial charge is 0.496 e. The lowest BCUT2D eigenvalue weighted by Gasteiger charge is -2.08. The van der Waals surface area contributed by atoms with Gasteiger partial charge in [-0.2, -0.15) is 0 Å². The lowest BCUT2D eigenvalue weighted by molar-refractivity contribution is 0.130. The van der Waals surface area contributed by atoms with E-state index in [1.54, 1.807) is 14.0 Å². The third kappa shape index (κ3) is 3.43. The van der Waals surface area contributed by atoms with Crippen molar-refractivity contribution < 1.29 is 9.57 Å². The van der Waals surface area contributed by atoms with Gasteiger partial charge in [-0.3, -0.25) is 0 Å². The van der Waals surface area contributed by atoms with Crippen LogP contribution in [-0.2, 0) is 18.0 Å². The highest BCUT2D eigenvalue weighted by Gasteiger charge is 2.02. The fourth-order valence-corrected chi connectivity index (χ4v) is 1.29. The van der Waals surface area contributed by atoms with E-state index in [0.717, 1.165) is 16.9 Å². The normalized spacial score (nSPS) is 11.3.